The number of carbonyl (C=O) groups is 2. The van der Waals surface area contributed by atoms with Crippen molar-refractivity contribution in [1.29, 1.82) is 0 Å². The van der Waals surface area contributed by atoms with Gasteiger partial charge in [-0.05, 0) is 32.4 Å². The molecule has 0 bridgehead atoms. The largest absolute Gasteiger partial charge is 0.481 e. The highest BCUT2D eigenvalue weighted by molar-refractivity contribution is 5.95. The third-order valence-electron chi connectivity index (χ3n) is 3.28. The maximum Gasteiger partial charge on any atom is 0.308 e. The molecule has 96 valence electrons. The van der Waals surface area contributed by atoms with Crippen LogP contribution in [-0.4, -0.2) is 40.0 Å². The summed E-state index contributed by atoms with van der Waals surface area (Å²) < 4.78 is 0. The highest BCUT2D eigenvalue weighted by Crippen LogP contribution is 2.20. The van der Waals surface area contributed by atoms with Crippen molar-refractivity contribution < 1.29 is 14.7 Å². The standard InChI is InChI=1S/C13H16N2O3/c1-8-3-4-11(9(2)14-8)12(16)15-6-5-10(7-15)13(17)18/h3-4,10H,5-7H2,1-2H3,(H,17,18)/t10-/m0/s1. The number of carboxylic acid groups (broad SMARTS) is 1. The van der Waals surface area contributed by atoms with Gasteiger partial charge in [-0.1, -0.05) is 0 Å². The zero-order chi connectivity index (χ0) is 13.3. The van der Waals surface area contributed by atoms with Gasteiger partial charge in [0.05, 0.1) is 17.2 Å². The minimum absolute atomic E-state index is 0.122. The van der Waals surface area contributed by atoms with Crippen LogP contribution in [0.4, 0.5) is 0 Å². The normalized spacial score (nSPS) is 19.0. The summed E-state index contributed by atoms with van der Waals surface area (Å²) in [6.07, 6.45) is 0.527. The van der Waals surface area contributed by atoms with Crippen LogP contribution >= 0.6 is 0 Å². The van der Waals surface area contributed by atoms with E-state index >= 15 is 0 Å². The second kappa shape index (κ2) is 4.76. The number of pyridine rings is 1. The molecular formula is C13H16N2O3. The first-order valence-corrected chi connectivity index (χ1v) is 5.95. The fraction of sp³-hybridized carbons (Fsp3) is 0.462. The monoisotopic (exact) mass is 248 g/mol. The van der Waals surface area contributed by atoms with Crippen LogP contribution in [0.3, 0.4) is 0 Å². The van der Waals surface area contributed by atoms with Crippen LogP contribution in [0.2, 0.25) is 0 Å². The van der Waals surface area contributed by atoms with Crippen molar-refractivity contribution in [1.82, 2.24) is 9.88 Å². The number of aryl methyl sites for hydroxylation is 2. The molecule has 1 N–H and O–H groups in total. The van der Waals surface area contributed by atoms with E-state index in [-0.39, 0.29) is 5.91 Å². The fourth-order valence-corrected chi connectivity index (χ4v) is 2.23. The lowest BCUT2D eigenvalue weighted by atomic mass is 10.1. The molecule has 0 saturated carbocycles. The van der Waals surface area contributed by atoms with Gasteiger partial charge >= 0.3 is 5.97 Å². The van der Waals surface area contributed by atoms with Gasteiger partial charge in [0.15, 0.2) is 0 Å². The zero-order valence-electron chi connectivity index (χ0n) is 10.5. The average Bonchev–Trinajstić information content (AvgIpc) is 2.77. The quantitative estimate of drug-likeness (QED) is 0.855. The van der Waals surface area contributed by atoms with Crippen LogP contribution in [0.15, 0.2) is 12.1 Å². The number of carboxylic acids is 1. The zero-order valence-corrected chi connectivity index (χ0v) is 10.5. The van der Waals surface area contributed by atoms with Crippen LogP contribution in [-0.2, 0) is 4.79 Å². The summed E-state index contributed by atoms with van der Waals surface area (Å²) in [5, 5.41) is 8.92. The number of rotatable bonds is 2. The molecule has 1 aromatic heterocycles. The Kier molecular flexibility index (Phi) is 3.32. The maximum atomic E-state index is 12.2. The van der Waals surface area contributed by atoms with Crippen LogP contribution < -0.4 is 0 Å². The second-order valence-corrected chi connectivity index (χ2v) is 4.66. The minimum Gasteiger partial charge on any atom is -0.481 e. The van der Waals surface area contributed by atoms with Crippen molar-refractivity contribution in [2.75, 3.05) is 13.1 Å². The Balaban J connectivity index is 2.15. The van der Waals surface area contributed by atoms with E-state index in [1.54, 1.807) is 24.0 Å². The predicted molar refractivity (Wildman–Crippen MR) is 65.4 cm³/mol. The van der Waals surface area contributed by atoms with Crippen LogP contribution in [0.1, 0.15) is 28.2 Å². The first-order chi connectivity index (χ1) is 8.49. The third kappa shape index (κ3) is 2.34. The van der Waals surface area contributed by atoms with Crippen molar-refractivity contribution in [2.24, 2.45) is 5.92 Å². The van der Waals surface area contributed by atoms with E-state index in [1.807, 2.05) is 6.92 Å². The Morgan fingerprint density at radius 2 is 2.11 bits per heavy atom. The molecule has 2 heterocycles. The molecule has 1 amide bonds. The maximum absolute atomic E-state index is 12.2. The Morgan fingerprint density at radius 3 is 2.67 bits per heavy atom. The smallest absolute Gasteiger partial charge is 0.308 e. The Hall–Kier alpha value is -1.91. The van der Waals surface area contributed by atoms with Crippen molar-refractivity contribution in [2.45, 2.75) is 20.3 Å². The molecule has 5 nitrogen and oxygen atoms in total. The van der Waals surface area contributed by atoms with Crippen molar-refractivity contribution >= 4 is 11.9 Å². The lowest BCUT2D eigenvalue weighted by Crippen LogP contribution is -2.30. The number of nitrogens with zero attached hydrogens (tertiary/aromatic N) is 2. The minimum atomic E-state index is -0.830. The molecule has 1 fully saturated rings. The molecule has 0 aromatic carbocycles. The molecule has 0 aliphatic carbocycles. The molecule has 0 unspecified atom stereocenters. The van der Waals surface area contributed by atoms with Gasteiger partial charge < -0.3 is 10.0 Å². The summed E-state index contributed by atoms with van der Waals surface area (Å²) in [7, 11) is 0. The summed E-state index contributed by atoms with van der Waals surface area (Å²) in [5.74, 6) is -1.39. The van der Waals surface area contributed by atoms with Crippen molar-refractivity contribution in [3.63, 3.8) is 0 Å². The highest BCUT2D eigenvalue weighted by atomic mass is 16.4. The lowest BCUT2D eigenvalue weighted by Gasteiger charge is -2.16. The molecule has 1 saturated heterocycles. The van der Waals surface area contributed by atoms with Crippen molar-refractivity contribution in [3.05, 3.63) is 29.1 Å². The lowest BCUT2D eigenvalue weighted by molar-refractivity contribution is -0.141. The topological polar surface area (TPSA) is 70.5 Å². The summed E-state index contributed by atoms with van der Waals surface area (Å²) in [5.41, 5.74) is 2.12. The predicted octanol–water partition coefficient (Wildman–Crippen LogP) is 1.25. The van der Waals surface area contributed by atoms with Gasteiger partial charge in [-0.25, -0.2) is 0 Å². The van der Waals surface area contributed by atoms with Crippen LogP contribution in [0.5, 0.6) is 0 Å². The van der Waals surface area contributed by atoms with E-state index in [0.717, 1.165) is 5.69 Å². The molecule has 18 heavy (non-hydrogen) atoms. The molecule has 1 aromatic rings. The summed E-state index contributed by atoms with van der Waals surface area (Å²) in [6, 6.07) is 3.55. The second-order valence-electron chi connectivity index (χ2n) is 4.66. The number of hydrogen-bond donors (Lipinski definition) is 1. The van der Waals surface area contributed by atoms with Gasteiger partial charge in [-0.2, -0.15) is 0 Å². The molecule has 5 heteroatoms. The molecule has 1 aliphatic heterocycles. The number of hydrogen-bond acceptors (Lipinski definition) is 3. The van der Waals surface area contributed by atoms with Gasteiger partial charge in [0.1, 0.15) is 0 Å². The number of amides is 1. The molecule has 0 radical (unpaired) electrons. The molecule has 1 aliphatic rings. The van der Waals surface area contributed by atoms with E-state index in [2.05, 4.69) is 4.98 Å². The summed E-state index contributed by atoms with van der Waals surface area (Å²) in [6.45, 7) is 4.47. The van der Waals surface area contributed by atoms with E-state index in [4.69, 9.17) is 5.11 Å². The van der Waals surface area contributed by atoms with Gasteiger partial charge in [-0.15, -0.1) is 0 Å². The summed E-state index contributed by atoms with van der Waals surface area (Å²) in [4.78, 5) is 29.0. The van der Waals surface area contributed by atoms with E-state index < -0.39 is 11.9 Å². The molecule has 0 spiro atoms. The Morgan fingerprint density at radius 1 is 1.39 bits per heavy atom. The van der Waals surface area contributed by atoms with E-state index in [0.29, 0.717) is 30.8 Å². The SMILES string of the molecule is Cc1ccc(C(=O)N2CC[C@H](C(=O)O)C2)c(C)n1. The van der Waals surface area contributed by atoms with Crippen LogP contribution in [0, 0.1) is 19.8 Å². The van der Waals surface area contributed by atoms with Crippen LogP contribution in [0.25, 0.3) is 0 Å². The average molecular weight is 248 g/mol. The van der Waals surface area contributed by atoms with Gasteiger partial charge in [0, 0.05) is 18.8 Å². The number of carbonyl (C=O) groups excluding carboxylic acids is 1. The van der Waals surface area contributed by atoms with E-state index in [1.165, 1.54) is 0 Å². The Bertz CT molecular complexity index is 499. The van der Waals surface area contributed by atoms with Gasteiger partial charge in [0.2, 0.25) is 0 Å². The molecule has 1 atom stereocenters. The van der Waals surface area contributed by atoms with E-state index in [9.17, 15) is 9.59 Å². The Labute approximate surface area is 105 Å². The number of likely N-dealkylation sites (tertiary alicyclic amines) is 1. The van der Waals surface area contributed by atoms with Gasteiger partial charge in [0.25, 0.3) is 5.91 Å². The fourth-order valence-electron chi connectivity index (χ4n) is 2.23. The van der Waals surface area contributed by atoms with Crippen molar-refractivity contribution in [3.8, 4) is 0 Å². The highest BCUT2D eigenvalue weighted by Gasteiger charge is 2.31. The molecule has 2 rings (SSSR count). The first-order valence-electron chi connectivity index (χ1n) is 5.95. The summed E-state index contributed by atoms with van der Waals surface area (Å²) >= 11 is 0. The third-order valence-corrected chi connectivity index (χ3v) is 3.28. The number of aliphatic carboxylic acids is 1. The number of aromatic nitrogens is 1. The first kappa shape index (κ1) is 12.5. The molecular weight excluding hydrogens is 232 g/mol. The van der Waals surface area contributed by atoms with Gasteiger partial charge in [-0.3, -0.25) is 14.6 Å².